The Hall–Kier alpha value is -0.0400. The van der Waals surface area contributed by atoms with Crippen LogP contribution in [0.15, 0.2) is 0 Å². The summed E-state index contributed by atoms with van der Waals surface area (Å²) in [6.45, 7) is 2.38. The standard InChI is InChI=1S/C6H13O/c1-2-3-4-5-6-7/h2,7H,3-6H2,1H3. The van der Waals surface area contributed by atoms with Crippen LogP contribution >= 0.6 is 0 Å². The second kappa shape index (κ2) is 5.96. The molecule has 0 fully saturated rings. The summed E-state index contributed by atoms with van der Waals surface area (Å²) in [5.74, 6) is 0. The Bertz CT molecular complexity index is 23.4. The Kier molecular flexibility index (Phi) is 5.93. The van der Waals surface area contributed by atoms with Gasteiger partial charge in [0.15, 0.2) is 0 Å². The van der Waals surface area contributed by atoms with Crippen molar-refractivity contribution in [2.45, 2.75) is 26.2 Å². The molecule has 0 amide bonds. The van der Waals surface area contributed by atoms with Crippen LogP contribution in [0, 0.1) is 6.42 Å². The molecule has 0 rings (SSSR count). The molecule has 0 aromatic heterocycles. The normalized spacial score (nSPS) is 9.43. The summed E-state index contributed by atoms with van der Waals surface area (Å²) in [4.78, 5) is 0. The molecule has 1 N–H and O–H groups in total. The summed E-state index contributed by atoms with van der Waals surface area (Å²) in [6, 6.07) is 0. The van der Waals surface area contributed by atoms with Crippen LogP contribution in [0.25, 0.3) is 0 Å². The van der Waals surface area contributed by atoms with Crippen molar-refractivity contribution < 1.29 is 5.11 Å². The van der Waals surface area contributed by atoms with Gasteiger partial charge in [-0.15, -0.1) is 0 Å². The number of hydrogen-bond acceptors (Lipinski definition) is 1. The van der Waals surface area contributed by atoms with Crippen molar-refractivity contribution in [3.63, 3.8) is 0 Å². The van der Waals surface area contributed by atoms with Crippen LogP contribution in [0.3, 0.4) is 0 Å². The fourth-order valence-electron chi connectivity index (χ4n) is 0.460. The van der Waals surface area contributed by atoms with Gasteiger partial charge in [-0.25, -0.2) is 0 Å². The zero-order chi connectivity index (χ0) is 5.54. The Morgan fingerprint density at radius 2 is 2.14 bits per heavy atom. The molecule has 0 saturated heterocycles. The van der Waals surface area contributed by atoms with E-state index >= 15 is 0 Å². The minimum absolute atomic E-state index is 0.341. The molecule has 0 unspecified atom stereocenters. The van der Waals surface area contributed by atoms with Gasteiger partial charge < -0.3 is 5.11 Å². The molecule has 43 valence electrons. The van der Waals surface area contributed by atoms with Crippen LogP contribution in [-0.2, 0) is 0 Å². The Morgan fingerprint density at radius 3 is 2.57 bits per heavy atom. The van der Waals surface area contributed by atoms with E-state index in [2.05, 4.69) is 6.42 Å². The van der Waals surface area contributed by atoms with Crippen molar-refractivity contribution in [2.75, 3.05) is 6.61 Å². The molecule has 0 bridgehead atoms. The first-order valence-corrected chi connectivity index (χ1v) is 2.80. The van der Waals surface area contributed by atoms with Crippen molar-refractivity contribution in [2.24, 2.45) is 0 Å². The van der Waals surface area contributed by atoms with Crippen molar-refractivity contribution in [3.8, 4) is 0 Å². The molecule has 0 aromatic carbocycles. The van der Waals surface area contributed by atoms with Crippen molar-refractivity contribution in [3.05, 3.63) is 6.42 Å². The molecule has 0 spiro atoms. The van der Waals surface area contributed by atoms with Gasteiger partial charge in [0.2, 0.25) is 0 Å². The van der Waals surface area contributed by atoms with Crippen LogP contribution < -0.4 is 0 Å². The third kappa shape index (κ3) is 5.96. The Labute approximate surface area is 45.4 Å². The second-order valence-corrected chi connectivity index (χ2v) is 1.63. The number of aliphatic hydroxyl groups excluding tert-OH is 1. The van der Waals surface area contributed by atoms with E-state index in [-0.39, 0.29) is 0 Å². The minimum Gasteiger partial charge on any atom is -0.396 e. The molecule has 0 heterocycles. The molecule has 0 aromatic rings. The van der Waals surface area contributed by atoms with E-state index in [1.807, 2.05) is 6.92 Å². The summed E-state index contributed by atoms with van der Waals surface area (Å²) < 4.78 is 0. The van der Waals surface area contributed by atoms with E-state index in [0.717, 1.165) is 19.3 Å². The van der Waals surface area contributed by atoms with Gasteiger partial charge in [-0.2, -0.15) is 0 Å². The van der Waals surface area contributed by atoms with Crippen molar-refractivity contribution in [1.29, 1.82) is 0 Å². The van der Waals surface area contributed by atoms with Gasteiger partial charge in [0.1, 0.15) is 0 Å². The lowest BCUT2D eigenvalue weighted by Gasteiger charge is -1.90. The first-order chi connectivity index (χ1) is 3.41. The van der Waals surface area contributed by atoms with Gasteiger partial charge in [0.05, 0.1) is 0 Å². The zero-order valence-electron chi connectivity index (χ0n) is 4.85. The molecule has 0 aliphatic rings. The molecule has 0 aliphatic carbocycles. The minimum atomic E-state index is 0.341. The third-order valence-electron chi connectivity index (χ3n) is 0.901. The molecule has 0 aliphatic heterocycles. The lowest BCUT2D eigenvalue weighted by molar-refractivity contribution is 0.284. The van der Waals surface area contributed by atoms with Gasteiger partial charge in [-0.05, 0) is 12.8 Å². The molecule has 1 heteroatoms. The molecule has 1 radical (unpaired) electrons. The van der Waals surface area contributed by atoms with Gasteiger partial charge in [0.25, 0.3) is 0 Å². The maximum absolute atomic E-state index is 8.28. The molecular formula is C6H13O. The van der Waals surface area contributed by atoms with Crippen molar-refractivity contribution in [1.82, 2.24) is 0 Å². The van der Waals surface area contributed by atoms with Gasteiger partial charge >= 0.3 is 0 Å². The van der Waals surface area contributed by atoms with E-state index < -0.39 is 0 Å². The average Bonchev–Trinajstić information content (AvgIpc) is 1.69. The van der Waals surface area contributed by atoms with Crippen LogP contribution in [-0.4, -0.2) is 11.7 Å². The van der Waals surface area contributed by atoms with Crippen LogP contribution in [0.2, 0.25) is 0 Å². The number of hydrogen-bond donors (Lipinski definition) is 1. The maximum atomic E-state index is 8.28. The molecule has 0 atom stereocenters. The predicted molar refractivity (Wildman–Crippen MR) is 30.9 cm³/mol. The Morgan fingerprint density at radius 1 is 1.43 bits per heavy atom. The fourth-order valence-corrected chi connectivity index (χ4v) is 0.460. The summed E-state index contributed by atoms with van der Waals surface area (Å²) in [6.07, 6.45) is 5.34. The largest absolute Gasteiger partial charge is 0.396 e. The summed E-state index contributed by atoms with van der Waals surface area (Å²) >= 11 is 0. The van der Waals surface area contributed by atoms with E-state index in [1.165, 1.54) is 0 Å². The fraction of sp³-hybridized carbons (Fsp3) is 0.833. The summed E-state index contributed by atoms with van der Waals surface area (Å²) in [7, 11) is 0. The van der Waals surface area contributed by atoms with Gasteiger partial charge in [-0.1, -0.05) is 19.8 Å². The SMILES string of the molecule is C[CH]CCCCO. The zero-order valence-corrected chi connectivity index (χ0v) is 4.85. The first-order valence-electron chi connectivity index (χ1n) is 2.80. The van der Waals surface area contributed by atoms with Crippen LogP contribution in [0.1, 0.15) is 26.2 Å². The first kappa shape index (κ1) is 6.96. The van der Waals surface area contributed by atoms with Crippen LogP contribution in [0.5, 0.6) is 0 Å². The number of rotatable bonds is 4. The summed E-state index contributed by atoms with van der Waals surface area (Å²) in [5.41, 5.74) is 0. The number of unbranched alkanes of at least 4 members (excludes halogenated alkanes) is 3. The lowest BCUT2D eigenvalue weighted by Crippen LogP contribution is -1.80. The van der Waals surface area contributed by atoms with E-state index in [0.29, 0.717) is 6.61 Å². The topological polar surface area (TPSA) is 20.2 Å². The lowest BCUT2D eigenvalue weighted by atomic mass is 10.2. The molecule has 7 heavy (non-hydrogen) atoms. The van der Waals surface area contributed by atoms with E-state index in [9.17, 15) is 0 Å². The quantitative estimate of drug-likeness (QED) is 0.530. The highest BCUT2D eigenvalue weighted by Gasteiger charge is 1.81. The highest BCUT2D eigenvalue weighted by Crippen LogP contribution is 1.94. The highest BCUT2D eigenvalue weighted by atomic mass is 16.2. The molecular weight excluding hydrogens is 88.1 g/mol. The smallest absolute Gasteiger partial charge is 0.0431 e. The predicted octanol–water partition coefficient (Wildman–Crippen LogP) is 1.37. The average molecular weight is 101 g/mol. The summed E-state index contributed by atoms with van der Waals surface area (Å²) in [5, 5.41) is 8.28. The monoisotopic (exact) mass is 101 g/mol. The molecule has 0 saturated carbocycles. The Balaban J connectivity index is 2.45. The van der Waals surface area contributed by atoms with Gasteiger partial charge in [-0.3, -0.25) is 0 Å². The second-order valence-electron chi connectivity index (χ2n) is 1.63. The molecule has 1 nitrogen and oxygen atoms in total. The highest BCUT2D eigenvalue weighted by molar-refractivity contribution is 4.53. The van der Waals surface area contributed by atoms with Gasteiger partial charge in [0, 0.05) is 6.61 Å². The number of aliphatic hydroxyl groups is 1. The third-order valence-corrected chi connectivity index (χ3v) is 0.901. The van der Waals surface area contributed by atoms with E-state index in [1.54, 1.807) is 0 Å². The maximum Gasteiger partial charge on any atom is 0.0431 e. The van der Waals surface area contributed by atoms with E-state index in [4.69, 9.17) is 5.11 Å². The van der Waals surface area contributed by atoms with Crippen molar-refractivity contribution >= 4 is 0 Å². The van der Waals surface area contributed by atoms with Crippen LogP contribution in [0.4, 0.5) is 0 Å².